The normalized spacial score (nSPS) is 10.6. The molecular weight excluding hydrogens is 336 g/mol. The largest absolute Gasteiger partial charge is 0.507 e. The molecule has 2 N–H and O–H groups in total. The van der Waals surface area contributed by atoms with Gasteiger partial charge in [-0.15, -0.1) is 0 Å². The average Bonchev–Trinajstić information content (AvgIpc) is 3.18. The number of amides is 1. The Hall–Kier alpha value is -3.87. The van der Waals surface area contributed by atoms with Gasteiger partial charge in [0.15, 0.2) is 0 Å². The molecule has 7 heteroatoms. The first-order valence-corrected chi connectivity index (χ1v) is 7.60. The molecule has 0 saturated heterocycles. The molecule has 0 aliphatic carbocycles. The predicted molar refractivity (Wildman–Crippen MR) is 93.3 cm³/mol. The number of benzene rings is 2. The first-order valence-electron chi connectivity index (χ1n) is 7.60. The molecule has 0 atom stereocenters. The van der Waals surface area contributed by atoms with Crippen LogP contribution in [-0.2, 0) is 0 Å². The molecule has 1 heterocycles. The first kappa shape index (κ1) is 17.0. The lowest BCUT2D eigenvalue weighted by Crippen LogP contribution is -2.17. The Kier molecular flexibility index (Phi) is 5.09. The number of phenolic OH excluding ortho intramolecular Hbond substituents is 1. The van der Waals surface area contributed by atoms with Crippen molar-refractivity contribution in [3.05, 3.63) is 83.8 Å². The summed E-state index contributed by atoms with van der Waals surface area (Å²) in [5, 5.41) is 13.4. The van der Waals surface area contributed by atoms with Crippen molar-refractivity contribution in [2.24, 2.45) is 5.10 Å². The van der Waals surface area contributed by atoms with E-state index in [4.69, 9.17) is 9.15 Å². The molecular formula is C19H14N2O5. The fraction of sp³-hybridized carbons (Fsp3) is 0. The molecule has 0 radical (unpaired) electrons. The highest BCUT2D eigenvalue weighted by Gasteiger charge is 2.11. The molecule has 0 spiro atoms. The van der Waals surface area contributed by atoms with Gasteiger partial charge < -0.3 is 14.3 Å². The quantitative estimate of drug-likeness (QED) is 0.319. The molecule has 3 rings (SSSR count). The fourth-order valence-corrected chi connectivity index (χ4v) is 2.07. The number of rotatable bonds is 5. The predicted octanol–water partition coefficient (Wildman–Crippen LogP) is 2.97. The van der Waals surface area contributed by atoms with Crippen LogP contribution in [0.15, 0.2) is 76.4 Å². The molecule has 3 aromatic rings. The fourth-order valence-electron chi connectivity index (χ4n) is 2.07. The van der Waals surface area contributed by atoms with E-state index in [2.05, 4.69) is 10.5 Å². The van der Waals surface area contributed by atoms with Crippen molar-refractivity contribution in [3.8, 4) is 11.5 Å². The van der Waals surface area contributed by atoms with E-state index < -0.39 is 11.9 Å². The van der Waals surface area contributed by atoms with Gasteiger partial charge in [0.25, 0.3) is 5.91 Å². The highest BCUT2D eigenvalue weighted by molar-refractivity contribution is 5.97. The molecule has 0 fully saturated rings. The molecule has 26 heavy (non-hydrogen) atoms. The number of phenols is 1. The first-order chi connectivity index (χ1) is 12.6. The zero-order valence-corrected chi connectivity index (χ0v) is 13.5. The van der Waals surface area contributed by atoms with Crippen molar-refractivity contribution >= 4 is 18.1 Å². The van der Waals surface area contributed by atoms with E-state index in [1.807, 2.05) is 0 Å². The second kappa shape index (κ2) is 7.80. The number of hydrogen-bond donors (Lipinski definition) is 2. The number of aromatic hydroxyl groups is 1. The van der Waals surface area contributed by atoms with Gasteiger partial charge in [-0.2, -0.15) is 5.10 Å². The second-order valence-electron chi connectivity index (χ2n) is 5.15. The van der Waals surface area contributed by atoms with E-state index in [0.29, 0.717) is 11.3 Å². The summed E-state index contributed by atoms with van der Waals surface area (Å²) in [6.07, 6.45) is 2.82. The second-order valence-corrected chi connectivity index (χ2v) is 5.15. The van der Waals surface area contributed by atoms with E-state index in [0.717, 1.165) is 0 Å². The van der Waals surface area contributed by atoms with Gasteiger partial charge in [-0.1, -0.05) is 12.1 Å². The van der Waals surface area contributed by atoms with Crippen molar-refractivity contribution in [3.63, 3.8) is 0 Å². The maximum Gasteiger partial charge on any atom is 0.379 e. The van der Waals surface area contributed by atoms with E-state index >= 15 is 0 Å². The van der Waals surface area contributed by atoms with Crippen LogP contribution in [0.25, 0.3) is 0 Å². The van der Waals surface area contributed by atoms with Gasteiger partial charge in [-0.3, -0.25) is 4.79 Å². The lowest BCUT2D eigenvalue weighted by Gasteiger charge is -2.03. The summed E-state index contributed by atoms with van der Waals surface area (Å²) in [5.41, 5.74) is 3.14. The van der Waals surface area contributed by atoms with Gasteiger partial charge in [-0.05, 0) is 54.1 Å². The molecule has 1 amide bonds. The third kappa shape index (κ3) is 4.15. The topological polar surface area (TPSA) is 101 Å². The van der Waals surface area contributed by atoms with Gasteiger partial charge in [0.2, 0.25) is 5.76 Å². The van der Waals surface area contributed by atoms with E-state index in [9.17, 15) is 14.7 Å². The van der Waals surface area contributed by atoms with Gasteiger partial charge >= 0.3 is 5.97 Å². The Morgan fingerprint density at radius 2 is 1.81 bits per heavy atom. The number of hydrazone groups is 1. The summed E-state index contributed by atoms with van der Waals surface area (Å²) in [6.45, 7) is 0. The maximum atomic E-state index is 11.9. The minimum absolute atomic E-state index is 0.113. The third-order valence-electron chi connectivity index (χ3n) is 3.34. The lowest BCUT2D eigenvalue weighted by atomic mass is 10.2. The van der Waals surface area contributed by atoms with Crippen LogP contribution < -0.4 is 10.2 Å². The van der Waals surface area contributed by atoms with Gasteiger partial charge in [0.05, 0.1) is 18.0 Å². The number of furan rings is 1. The minimum atomic E-state index is -0.591. The summed E-state index contributed by atoms with van der Waals surface area (Å²) < 4.78 is 10.1. The standard InChI is InChI=1S/C19H14N2O5/c22-16-5-2-1-4-15(16)18(23)21-20-12-13-7-9-14(10-8-13)26-19(24)17-6-3-11-25-17/h1-12,22H,(H,21,23)/b20-12+. The lowest BCUT2D eigenvalue weighted by molar-refractivity contribution is 0.0701. The monoisotopic (exact) mass is 350 g/mol. The number of nitrogens with zero attached hydrogens (tertiary/aromatic N) is 1. The van der Waals surface area contributed by atoms with Crippen LogP contribution in [0.5, 0.6) is 11.5 Å². The summed E-state index contributed by atoms with van der Waals surface area (Å²) in [6, 6.07) is 15.8. The molecule has 0 aliphatic rings. The third-order valence-corrected chi connectivity index (χ3v) is 3.34. The minimum Gasteiger partial charge on any atom is -0.507 e. The maximum absolute atomic E-state index is 11.9. The molecule has 1 aromatic heterocycles. The highest BCUT2D eigenvalue weighted by Crippen LogP contribution is 2.15. The Morgan fingerprint density at radius 3 is 2.50 bits per heavy atom. The number of hydrogen-bond acceptors (Lipinski definition) is 6. The molecule has 0 aliphatic heterocycles. The van der Waals surface area contributed by atoms with E-state index in [1.165, 1.54) is 30.7 Å². The zero-order valence-electron chi connectivity index (χ0n) is 13.5. The molecule has 0 bridgehead atoms. The van der Waals surface area contributed by atoms with E-state index in [1.54, 1.807) is 42.5 Å². The molecule has 130 valence electrons. The van der Waals surface area contributed by atoms with Crippen LogP contribution in [0.1, 0.15) is 26.5 Å². The summed E-state index contributed by atoms with van der Waals surface area (Å²) in [7, 11) is 0. The highest BCUT2D eigenvalue weighted by atomic mass is 16.5. The van der Waals surface area contributed by atoms with Crippen LogP contribution >= 0.6 is 0 Å². The van der Waals surface area contributed by atoms with Crippen LogP contribution in [0, 0.1) is 0 Å². The SMILES string of the molecule is O=C(Oc1ccc(/C=N/NC(=O)c2ccccc2O)cc1)c1ccco1. The van der Waals surface area contributed by atoms with Gasteiger partial charge in [-0.25, -0.2) is 10.2 Å². The Morgan fingerprint density at radius 1 is 1.04 bits per heavy atom. The number of esters is 1. The van der Waals surface area contributed by atoms with Crippen LogP contribution in [0.2, 0.25) is 0 Å². The van der Waals surface area contributed by atoms with Crippen molar-refractivity contribution < 1.29 is 23.8 Å². The number of nitrogens with one attached hydrogen (secondary N) is 1. The summed E-state index contributed by atoms with van der Waals surface area (Å²) >= 11 is 0. The van der Waals surface area contributed by atoms with Crippen LogP contribution in [0.4, 0.5) is 0 Å². The van der Waals surface area contributed by atoms with Crippen molar-refractivity contribution in [1.82, 2.24) is 5.43 Å². The Labute approximate surface area is 148 Å². The van der Waals surface area contributed by atoms with Gasteiger partial charge in [0.1, 0.15) is 11.5 Å². The van der Waals surface area contributed by atoms with Crippen molar-refractivity contribution in [1.29, 1.82) is 0 Å². The molecule has 0 unspecified atom stereocenters. The number of ether oxygens (including phenoxy) is 1. The van der Waals surface area contributed by atoms with Crippen LogP contribution in [0.3, 0.4) is 0 Å². The molecule has 2 aromatic carbocycles. The smallest absolute Gasteiger partial charge is 0.379 e. The van der Waals surface area contributed by atoms with Crippen LogP contribution in [-0.4, -0.2) is 23.2 Å². The van der Waals surface area contributed by atoms with E-state index in [-0.39, 0.29) is 17.1 Å². The number of para-hydroxylation sites is 1. The van der Waals surface area contributed by atoms with Gasteiger partial charge in [0, 0.05) is 0 Å². The number of carbonyl (C=O) groups is 2. The average molecular weight is 350 g/mol. The molecule has 7 nitrogen and oxygen atoms in total. The van der Waals surface area contributed by atoms with Crippen molar-refractivity contribution in [2.45, 2.75) is 0 Å². The zero-order chi connectivity index (χ0) is 18.4. The number of carbonyl (C=O) groups excluding carboxylic acids is 2. The van der Waals surface area contributed by atoms with Crippen molar-refractivity contribution in [2.75, 3.05) is 0 Å². The molecule has 0 saturated carbocycles. The summed E-state index contributed by atoms with van der Waals surface area (Å²) in [4.78, 5) is 23.7. The summed E-state index contributed by atoms with van der Waals surface area (Å²) in [5.74, 6) is -0.776. The Bertz CT molecular complexity index is 931. The Balaban J connectivity index is 1.57.